The van der Waals surface area contributed by atoms with Crippen LogP contribution in [0, 0.1) is 17.8 Å². The number of ketones is 2. The summed E-state index contributed by atoms with van der Waals surface area (Å²) in [6.45, 7) is -0.286. The van der Waals surface area contributed by atoms with Crippen molar-refractivity contribution in [3.05, 3.63) is 140 Å². The van der Waals surface area contributed by atoms with Crippen molar-refractivity contribution >= 4 is 29.5 Å². The Balaban J connectivity index is 1.10. The number of H-pyrrole nitrogens is 2. The Labute approximate surface area is 380 Å². The molecular formula is C55H61N3O7. The lowest BCUT2D eigenvalue weighted by Gasteiger charge is -2.38. The number of allylic oxidation sites excluding steroid dienone is 1. The number of aliphatic hydroxyl groups is 2. The number of aromatic nitrogens is 2. The maximum Gasteiger partial charge on any atom is 0.161 e. The third kappa shape index (κ3) is 8.59. The van der Waals surface area contributed by atoms with Crippen molar-refractivity contribution in [3.63, 3.8) is 0 Å². The van der Waals surface area contributed by atoms with E-state index in [9.17, 15) is 25.2 Å². The van der Waals surface area contributed by atoms with Crippen molar-refractivity contribution in [3.8, 4) is 17.2 Å². The zero-order valence-corrected chi connectivity index (χ0v) is 37.0. The highest BCUT2D eigenvalue weighted by Crippen LogP contribution is 2.49. The molecule has 10 heteroatoms. The fraction of sp³-hybridized carbons (Fsp3) is 0.418. The number of ether oxygens (including phenoxy) is 1. The van der Waals surface area contributed by atoms with Crippen LogP contribution in [0.15, 0.2) is 84.7 Å². The number of benzene rings is 3. The van der Waals surface area contributed by atoms with Crippen LogP contribution in [-0.2, 0) is 35.3 Å². The van der Waals surface area contributed by atoms with Gasteiger partial charge < -0.3 is 40.4 Å². The van der Waals surface area contributed by atoms with Gasteiger partial charge in [0.15, 0.2) is 17.3 Å². The van der Waals surface area contributed by atoms with Crippen molar-refractivity contribution in [2.45, 2.75) is 114 Å². The molecule has 1 fully saturated rings. The van der Waals surface area contributed by atoms with Crippen LogP contribution in [0.1, 0.15) is 132 Å². The molecule has 0 spiro atoms. The fourth-order valence-corrected chi connectivity index (χ4v) is 11.9. The number of phenols is 2. The normalized spacial score (nSPS) is 24.4. The first-order valence-electron chi connectivity index (χ1n) is 24.0. The van der Waals surface area contributed by atoms with Crippen LogP contribution < -0.4 is 10.1 Å². The minimum atomic E-state index is -1.02. The van der Waals surface area contributed by atoms with Gasteiger partial charge in [-0.25, -0.2) is 0 Å². The van der Waals surface area contributed by atoms with Gasteiger partial charge in [0.05, 0.1) is 12.0 Å². The molecule has 2 aromatic heterocycles. The molecular weight excluding hydrogens is 815 g/mol. The topological polar surface area (TPSA) is 168 Å². The summed E-state index contributed by atoms with van der Waals surface area (Å²) in [4.78, 5) is 37.5. The Kier molecular flexibility index (Phi) is 12.3. The van der Waals surface area contributed by atoms with E-state index in [1.807, 2.05) is 36.7 Å². The quantitative estimate of drug-likeness (QED) is 0.0757. The molecule has 0 saturated heterocycles. The molecule has 6 atom stereocenters. The molecule has 5 aromatic rings. The van der Waals surface area contributed by atoms with E-state index < -0.39 is 11.8 Å². The second kappa shape index (κ2) is 18.6. The first-order chi connectivity index (χ1) is 31.8. The fourth-order valence-electron chi connectivity index (χ4n) is 11.9. The van der Waals surface area contributed by atoms with Crippen molar-refractivity contribution in [2.24, 2.45) is 17.8 Å². The van der Waals surface area contributed by atoms with E-state index in [0.717, 1.165) is 107 Å². The van der Waals surface area contributed by atoms with Gasteiger partial charge in [-0.2, -0.15) is 0 Å². The lowest BCUT2D eigenvalue weighted by atomic mass is 9.66. The molecule has 338 valence electrons. The average Bonchev–Trinajstić information content (AvgIpc) is 4.06. The Bertz CT molecular complexity index is 2630. The van der Waals surface area contributed by atoms with Gasteiger partial charge in [0.25, 0.3) is 0 Å². The summed E-state index contributed by atoms with van der Waals surface area (Å²) in [6, 6.07) is 19.9. The zero-order valence-electron chi connectivity index (χ0n) is 37.0. The lowest BCUT2D eigenvalue weighted by Crippen LogP contribution is -2.41. The van der Waals surface area contributed by atoms with Crippen molar-refractivity contribution in [2.75, 3.05) is 18.5 Å². The molecule has 6 bridgehead atoms. The van der Waals surface area contributed by atoms with E-state index in [2.05, 4.69) is 63.8 Å². The smallest absolute Gasteiger partial charge is 0.161 e. The van der Waals surface area contributed by atoms with E-state index in [-0.39, 0.29) is 79.0 Å². The number of rotatable bonds is 8. The number of carbonyl (C=O) groups is 2. The molecule has 4 aliphatic carbocycles. The molecule has 10 nitrogen and oxygen atoms in total. The van der Waals surface area contributed by atoms with Gasteiger partial charge in [0, 0.05) is 84.6 Å². The summed E-state index contributed by atoms with van der Waals surface area (Å²) in [5, 5.41) is 47.4. The summed E-state index contributed by atoms with van der Waals surface area (Å²) in [5.41, 5.74) is 10.8. The highest BCUT2D eigenvalue weighted by atomic mass is 16.5. The number of phenolic OH excluding ortho intramolecular Hbond substituents is 2. The molecule has 5 aliphatic rings. The Morgan fingerprint density at radius 3 is 2.46 bits per heavy atom. The number of nitrogens with one attached hydrogen (secondary N) is 3. The molecule has 10 rings (SSSR count). The minimum absolute atomic E-state index is 0.0116. The number of hydrogen-bond donors (Lipinski definition) is 7. The van der Waals surface area contributed by atoms with E-state index in [0.29, 0.717) is 43.4 Å². The summed E-state index contributed by atoms with van der Waals surface area (Å²) in [6.07, 6.45) is 19.4. The number of hydrogen-bond acceptors (Lipinski definition) is 8. The maximum absolute atomic E-state index is 15.8. The SMILES string of the molecule is O=C1CCc2cc(c(O)c(OC3CCCC3)c2)Cc2ccc(CCO)c(c2)C2CCC(Nc3[nH]ccc32)C2=Cc3[nH]ccc3C(CC3C=Cc4c(O)cccc4CC3)C2C(=O)C1CCO. The highest BCUT2D eigenvalue weighted by Gasteiger charge is 2.45. The summed E-state index contributed by atoms with van der Waals surface area (Å²) >= 11 is 0. The standard InChI is InChI=1S/C55H61N3O7/c59-24-20-36-13-9-33-26-37-27-34(30-51(53(37)63)65-38-5-1-2-6-38)11-17-50(62)43(21-25-60)54(64)52-45(28-32-8-12-35-4-3-7-49(61)39(35)14-10-32)41-18-22-56-48(41)31-46(52)47-16-15-40(44(36)29-33)42-19-23-57-55(42)58-47/h3-4,7,9-10,13-14,18-19,22-23,27,29-32,38,40,43,45,47,52,56-61,63H,1-2,5-6,8,11-12,15-17,20-21,24-26,28H2. The van der Waals surface area contributed by atoms with Gasteiger partial charge >= 0.3 is 0 Å². The number of aromatic hydroxyl groups is 2. The lowest BCUT2D eigenvalue weighted by molar-refractivity contribution is -0.135. The number of carbonyl (C=O) groups excluding carboxylic acids is 2. The van der Waals surface area contributed by atoms with Crippen molar-refractivity contribution < 1.29 is 34.8 Å². The average molecular weight is 876 g/mol. The van der Waals surface area contributed by atoms with Crippen LogP contribution in [0.5, 0.6) is 17.2 Å². The number of aromatic amines is 2. The molecule has 6 unspecified atom stereocenters. The van der Waals surface area contributed by atoms with Gasteiger partial charge in [-0.3, -0.25) is 9.59 Å². The third-order valence-electron chi connectivity index (χ3n) is 15.2. The predicted molar refractivity (Wildman–Crippen MR) is 252 cm³/mol. The molecule has 3 heterocycles. The van der Waals surface area contributed by atoms with Gasteiger partial charge in [0.2, 0.25) is 0 Å². The van der Waals surface area contributed by atoms with E-state index in [1.54, 1.807) is 6.07 Å². The van der Waals surface area contributed by atoms with Crippen LogP contribution in [-0.4, -0.2) is 67.3 Å². The van der Waals surface area contributed by atoms with E-state index in [4.69, 9.17) is 4.74 Å². The van der Waals surface area contributed by atoms with Crippen LogP contribution in [0.25, 0.3) is 12.2 Å². The van der Waals surface area contributed by atoms with Gasteiger partial charge in [-0.05, 0) is 152 Å². The minimum Gasteiger partial charge on any atom is -0.507 e. The van der Waals surface area contributed by atoms with Crippen LogP contribution in [0.3, 0.4) is 0 Å². The summed E-state index contributed by atoms with van der Waals surface area (Å²) in [7, 11) is 0. The van der Waals surface area contributed by atoms with E-state index >= 15 is 4.79 Å². The first-order valence-corrected chi connectivity index (χ1v) is 24.0. The van der Waals surface area contributed by atoms with Crippen LogP contribution >= 0.6 is 0 Å². The monoisotopic (exact) mass is 875 g/mol. The molecule has 0 amide bonds. The Morgan fingerprint density at radius 1 is 0.769 bits per heavy atom. The number of Topliss-reactive ketones (excluding diaryl/α,β-unsaturated/α-hetero) is 2. The predicted octanol–water partition coefficient (Wildman–Crippen LogP) is 9.45. The Morgan fingerprint density at radius 2 is 1.62 bits per heavy atom. The molecule has 65 heavy (non-hydrogen) atoms. The molecule has 7 N–H and O–H groups in total. The van der Waals surface area contributed by atoms with E-state index in [1.165, 1.54) is 0 Å². The molecule has 0 radical (unpaired) electrons. The summed E-state index contributed by atoms with van der Waals surface area (Å²) in [5.74, 6) is -0.562. The van der Waals surface area contributed by atoms with Gasteiger partial charge in [-0.1, -0.05) is 48.6 Å². The highest BCUT2D eigenvalue weighted by molar-refractivity contribution is 6.05. The molecule has 1 aliphatic heterocycles. The number of aliphatic hydroxyl groups excluding tert-OH is 2. The zero-order chi connectivity index (χ0) is 44.6. The maximum atomic E-state index is 15.8. The van der Waals surface area contributed by atoms with Crippen molar-refractivity contribution in [1.29, 1.82) is 0 Å². The second-order valence-electron chi connectivity index (χ2n) is 19.2. The van der Waals surface area contributed by atoms with Crippen molar-refractivity contribution in [1.82, 2.24) is 9.97 Å². The number of fused-ring (bicyclic) bond motifs is 14. The number of aryl methyl sites for hydroxylation is 2. The summed E-state index contributed by atoms with van der Waals surface area (Å²) < 4.78 is 6.49. The van der Waals surface area contributed by atoms with Crippen LogP contribution in [0.4, 0.5) is 5.82 Å². The molecule has 3 aromatic carbocycles. The third-order valence-corrected chi connectivity index (χ3v) is 15.2. The van der Waals surface area contributed by atoms with Gasteiger partial charge in [0.1, 0.15) is 17.4 Å². The van der Waals surface area contributed by atoms with Gasteiger partial charge in [-0.15, -0.1) is 0 Å². The van der Waals surface area contributed by atoms with Crippen LogP contribution in [0.2, 0.25) is 0 Å². The second-order valence-corrected chi connectivity index (χ2v) is 19.2. The first kappa shape index (κ1) is 43.1. The Hall–Kier alpha value is -5.84. The largest absolute Gasteiger partial charge is 0.507 e. The molecule has 1 saturated carbocycles. The number of anilines is 1.